The van der Waals surface area contributed by atoms with E-state index in [0.717, 1.165) is 10.3 Å². The van der Waals surface area contributed by atoms with Gasteiger partial charge < -0.3 is 9.84 Å². The van der Waals surface area contributed by atoms with Crippen molar-refractivity contribution in [2.75, 3.05) is 6.61 Å². The van der Waals surface area contributed by atoms with Crippen molar-refractivity contribution < 1.29 is 14.2 Å². The van der Waals surface area contributed by atoms with Crippen LogP contribution in [-0.4, -0.2) is 22.8 Å². The van der Waals surface area contributed by atoms with Crippen LogP contribution in [0, 0.1) is 5.82 Å². The lowest BCUT2D eigenvalue weighted by atomic mass is 9.81. The SMILES string of the molecule is CC1(C)c2c(c(F)cc3nc(Cl)sc23)OC1CO. The minimum atomic E-state index is -0.472. The average Bonchev–Trinajstić information content (AvgIpc) is 2.76. The summed E-state index contributed by atoms with van der Waals surface area (Å²) in [7, 11) is 0. The fourth-order valence-electron chi connectivity index (χ4n) is 2.41. The van der Waals surface area contributed by atoms with Crippen LogP contribution in [0.1, 0.15) is 19.4 Å². The maximum atomic E-state index is 14.0. The smallest absolute Gasteiger partial charge is 0.184 e. The number of aromatic nitrogens is 1. The second kappa shape index (κ2) is 3.79. The highest BCUT2D eigenvalue weighted by Crippen LogP contribution is 2.49. The zero-order valence-electron chi connectivity index (χ0n) is 9.83. The number of nitrogens with zero attached hydrogens (tertiary/aromatic N) is 1. The molecule has 0 amide bonds. The van der Waals surface area contributed by atoms with E-state index in [2.05, 4.69) is 4.98 Å². The highest BCUT2D eigenvalue weighted by atomic mass is 35.5. The number of aliphatic hydroxyl groups excluding tert-OH is 1. The van der Waals surface area contributed by atoms with Gasteiger partial charge >= 0.3 is 0 Å². The molecular weight excluding hydrogens is 277 g/mol. The van der Waals surface area contributed by atoms with Crippen LogP contribution in [0.2, 0.25) is 4.47 Å². The first-order valence-corrected chi connectivity index (χ1v) is 6.71. The van der Waals surface area contributed by atoms with Gasteiger partial charge in [0, 0.05) is 17.0 Å². The number of rotatable bonds is 1. The topological polar surface area (TPSA) is 42.4 Å². The van der Waals surface area contributed by atoms with Gasteiger partial charge in [0.15, 0.2) is 16.0 Å². The molecule has 0 aliphatic carbocycles. The number of hydrogen-bond acceptors (Lipinski definition) is 4. The van der Waals surface area contributed by atoms with Crippen LogP contribution in [0.4, 0.5) is 4.39 Å². The van der Waals surface area contributed by atoms with E-state index in [4.69, 9.17) is 16.3 Å². The highest BCUT2D eigenvalue weighted by Gasteiger charge is 2.44. The number of aliphatic hydroxyl groups is 1. The fourth-order valence-corrected chi connectivity index (χ4v) is 3.71. The number of hydrogen-bond donors (Lipinski definition) is 1. The van der Waals surface area contributed by atoms with E-state index in [1.807, 2.05) is 13.8 Å². The molecule has 96 valence electrons. The summed E-state index contributed by atoms with van der Waals surface area (Å²) in [5.74, 6) is -0.240. The maximum Gasteiger partial charge on any atom is 0.184 e. The van der Waals surface area contributed by atoms with Crippen molar-refractivity contribution in [2.45, 2.75) is 25.4 Å². The van der Waals surface area contributed by atoms with E-state index in [1.165, 1.54) is 17.4 Å². The Labute approximate surface area is 112 Å². The first-order valence-electron chi connectivity index (χ1n) is 5.51. The van der Waals surface area contributed by atoms with Crippen molar-refractivity contribution in [3.63, 3.8) is 0 Å². The Morgan fingerprint density at radius 1 is 1.61 bits per heavy atom. The number of halogens is 2. The van der Waals surface area contributed by atoms with Crippen molar-refractivity contribution >= 4 is 33.2 Å². The predicted molar refractivity (Wildman–Crippen MR) is 69.1 cm³/mol. The van der Waals surface area contributed by atoms with E-state index in [0.29, 0.717) is 9.98 Å². The Morgan fingerprint density at radius 3 is 3.00 bits per heavy atom. The molecule has 0 bridgehead atoms. The number of thiazole rings is 1. The summed E-state index contributed by atoms with van der Waals surface area (Å²) in [6.45, 7) is 3.69. The molecule has 0 fully saturated rings. The van der Waals surface area contributed by atoms with E-state index < -0.39 is 17.3 Å². The number of fused-ring (bicyclic) bond motifs is 3. The predicted octanol–water partition coefficient (Wildman–Crippen LogP) is 3.12. The van der Waals surface area contributed by atoms with Crippen LogP contribution >= 0.6 is 22.9 Å². The van der Waals surface area contributed by atoms with Crippen molar-refractivity contribution in [2.24, 2.45) is 0 Å². The first-order chi connectivity index (χ1) is 8.45. The third-order valence-electron chi connectivity index (χ3n) is 3.44. The van der Waals surface area contributed by atoms with Crippen LogP contribution in [0.5, 0.6) is 5.75 Å². The monoisotopic (exact) mass is 287 g/mol. The minimum Gasteiger partial charge on any atom is -0.484 e. The highest BCUT2D eigenvalue weighted by molar-refractivity contribution is 7.22. The Morgan fingerprint density at radius 2 is 2.33 bits per heavy atom. The molecule has 1 aromatic heterocycles. The molecule has 1 aliphatic rings. The van der Waals surface area contributed by atoms with Crippen molar-refractivity contribution in [1.29, 1.82) is 0 Å². The largest absolute Gasteiger partial charge is 0.484 e. The average molecular weight is 288 g/mol. The van der Waals surface area contributed by atoms with Crippen LogP contribution in [0.25, 0.3) is 10.2 Å². The number of ether oxygens (including phenoxy) is 1. The van der Waals surface area contributed by atoms with E-state index >= 15 is 0 Å². The normalized spacial score (nSPS) is 21.1. The third-order valence-corrected chi connectivity index (χ3v) is 4.63. The summed E-state index contributed by atoms with van der Waals surface area (Å²) in [4.78, 5) is 4.09. The molecule has 1 aliphatic heterocycles. The second-order valence-electron chi connectivity index (χ2n) is 4.89. The van der Waals surface area contributed by atoms with Gasteiger partial charge in [-0.15, -0.1) is 11.3 Å². The van der Waals surface area contributed by atoms with Crippen molar-refractivity contribution in [3.8, 4) is 5.75 Å². The molecule has 0 saturated heterocycles. The summed E-state index contributed by atoms with van der Waals surface area (Å²) in [5, 5.41) is 9.36. The first kappa shape index (κ1) is 12.1. The Bertz CT molecular complexity index is 641. The molecule has 6 heteroatoms. The van der Waals surface area contributed by atoms with Gasteiger partial charge in [0.25, 0.3) is 0 Å². The Hall–Kier alpha value is -0.910. The van der Waals surface area contributed by atoms with Gasteiger partial charge in [0.05, 0.1) is 16.8 Å². The summed E-state index contributed by atoms with van der Waals surface area (Å²) >= 11 is 7.20. The Balaban J connectivity index is 2.37. The molecule has 1 atom stereocenters. The zero-order chi connectivity index (χ0) is 13.1. The standard InChI is InChI=1S/C12H11ClFNO2S/c1-12(2)7(4-16)17-9-5(14)3-6-10(8(9)12)18-11(13)15-6/h3,7,16H,4H2,1-2H3. The van der Waals surface area contributed by atoms with Gasteiger partial charge in [-0.05, 0) is 0 Å². The molecule has 2 aromatic rings. The van der Waals surface area contributed by atoms with Crippen LogP contribution in [0.15, 0.2) is 6.07 Å². The lowest BCUT2D eigenvalue weighted by Gasteiger charge is -2.24. The summed E-state index contributed by atoms with van der Waals surface area (Å²) in [6.07, 6.45) is -0.450. The Kier molecular flexibility index (Phi) is 2.56. The summed E-state index contributed by atoms with van der Waals surface area (Å²) in [5.41, 5.74) is 0.817. The fraction of sp³-hybridized carbons (Fsp3) is 0.417. The van der Waals surface area contributed by atoms with E-state index in [9.17, 15) is 9.50 Å². The van der Waals surface area contributed by atoms with Gasteiger partial charge in [0.1, 0.15) is 6.10 Å². The van der Waals surface area contributed by atoms with Gasteiger partial charge in [-0.2, -0.15) is 0 Å². The molecule has 0 radical (unpaired) electrons. The maximum absolute atomic E-state index is 14.0. The summed E-state index contributed by atoms with van der Waals surface area (Å²) < 4.78 is 20.7. The van der Waals surface area contributed by atoms with Crippen molar-refractivity contribution in [1.82, 2.24) is 4.98 Å². The molecular formula is C12H11ClFNO2S. The van der Waals surface area contributed by atoms with Crippen LogP contribution in [-0.2, 0) is 5.41 Å². The molecule has 2 heterocycles. The van der Waals surface area contributed by atoms with Crippen LogP contribution < -0.4 is 4.74 Å². The van der Waals surface area contributed by atoms with Gasteiger partial charge in [-0.1, -0.05) is 25.4 Å². The minimum absolute atomic E-state index is 0.158. The third kappa shape index (κ3) is 1.47. The quantitative estimate of drug-likeness (QED) is 0.876. The van der Waals surface area contributed by atoms with E-state index in [-0.39, 0.29) is 12.4 Å². The van der Waals surface area contributed by atoms with Crippen LogP contribution in [0.3, 0.4) is 0 Å². The molecule has 0 spiro atoms. The molecule has 1 aromatic carbocycles. The molecule has 0 saturated carbocycles. The molecule has 1 N–H and O–H groups in total. The molecule has 3 nitrogen and oxygen atoms in total. The number of benzene rings is 1. The van der Waals surface area contributed by atoms with Gasteiger partial charge in [0.2, 0.25) is 0 Å². The molecule has 18 heavy (non-hydrogen) atoms. The molecule has 3 rings (SSSR count). The van der Waals surface area contributed by atoms with Gasteiger partial charge in [-0.3, -0.25) is 0 Å². The lowest BCUT2D eigenvalue weighted by molar-refractivity contribution is 0.0866. The zero-order valence-corrected chi connectivity index (χ0v) is 11.4. The molecule has 1 unspecified atom stereocenters. The second-order valence-corrected chi connectivity index (χ2v) is 6.47. The van der Waals surface area contributed by atoms with Crippen molar-refractivity contribution in [3.05, 3.63) is 21.9 Å². The van der Waals surface area contributed by atoms with E-state index in [1.54, 1.807) is 0 Å². The summed E-state index contributed by atoms with van der Waals surface area (Å²) in [6, 6.07) is 1.33. The van der Waals surface area contributed by atoms with Gasteiger partial charge in [-0.25, -0.2) is 9.37 Å². The lowest BCUT2D eigenvalue weighted by Crippen LogP contribution is -2.35.